The summed E-state index contributed by atoms with van der Waals surface area (Å²) in [5.41, 5.74) is 0.541. The molecular weight excluding hydrogens is 258 g/mol. The summed E-state index contributed by atoms with van der Waals surface area (Å²) in [5, 5.41) is 22.7. The van der Waals surface area contributed by atoms with Crippen molar-refractivity contribution in [2.45, 2.75) is 58.8 Å². The Kier molecular flexibility index (Phi) is 6.09. The van der Waals surface area contributed by atoms with E-state index in [-0.39, 0.29) is 24.1 Å². The first kappa shape index (κ1) is 16.6. The number of aliphatic hydroxyl groups is 1. The maximum atomic E-state index is 11.9. The maximum absolute atomic E-state index is 11.9. The smallest absolute Gasteiger partial charge is 0.237 e. The normalized spacial score (nSPS) is 13.2. The minimum Gasteiger partial charge on any atom is -0.396 e. The van der Waals surface area contributed by atoms with Crippen LogP contribution < -0.4 is 10.6 Å². The molecule has 0 aliphatic heterocycles. The van der Waals surface area contributed by atoms with E-state index in [1.165, 1.54) is 0 Å². The van der Waals surface area contributed by atoms with Crippen molar-refractivity contribution in [1.82, 2.24) is 25.6 Å². The molecule has 7 heteroatoms. The summed E-state index contributed by atoms with van der Waals surface area (Å²) in [6, 6.07) is -0.295. The van der Waals surface area contributed by atoms with Gasteiger partial charge in [-0.25, -0.2) is 0 Å². The molecule has 3 N–H and O–H groups in total. The topological polar surface area (TPSA) is 92.1 Å². The zero-order valence-corrected chi connectivity index (χ0v) is 12.7. The monoisotopic (exact) mass is 283 g/mol. The van der Waals surface area contributed by atoms with Gasteiger partial charge in [-0.1, -0.05) is 5.21 Å². The number of rotatable bonds is 7. The van der Waals surface area contributed by atoms with Gasteiger partial charge in [0.1, 0.15) is 0 Å². The van der Waals surface area contributed by atoms with Crippen molar-refractivity contribution in [2.24, 2.45) is 0 Å². The third kappa shape index (κ3) is 6.12. The molecule has 0 fully saturated rings. The number of amides is 1. The van der Waals surface area contributed by atoms with Crippen molar-refractivity contribution in [1.29, 1.82) is 0 Å². The number of hydrogen-bond donors (Lipinski definition) is 3. The van der Waals surface area contributed by atoms with Crippen LogP contribution in [0.25, 0.3) is 0 Å². The predicted octanol–water partition coefficient (Wildman–Crippen LogP) is 0.0533. The number of aromatic nitrogens is 3. The quantitative estimate of drug-likeness (QED) is 0.658. The van der Waals surface area contributed by atoms with Crippen LogP contribution in [0.15, 0.2) is 6.20 Å². The fourth-order valence-electron chi connectivity index (χ4n) is 1.59. The van der Waals surface area contributed by atoms with Crippen LogP contribution in [-0.4, -0.2) is 44.2 Å². The second-order valence-corrected chi connectivity index (χ2v) is 5.89. The van der Waals surface area contributed by atoms with Crippen LogP contribution in [0.3, 0.4) is 0 Å². The summed E-state index contributed by atoms with van der Waals surface area (Å²) in [6.45, 7) is 8.93. The first-order valence-electron chi connectivity index (χ1n) is 6.87. The predicted molar refractivity (Wildman–Crippen MR) is 75.9 cm³/mol. The maximum Gasteiger partial charge on any atom is 0.237 e. The minimum absolute atomic E-state index is 0.0369. The molecule has 1 rings (SSSR count). The lowest BCUT2D eigenvalue weighted by atomic mass is 10.1. The van der Waals surface area contributed by atoms with Gasteiger partial charge in [0.15, 0.2) is 0 Å². The Labute approximate surface area is 119 Å². The first-order chi connectivity index (χ1) is 9.31. The largest absolute Gasteiger partial charge is 0.396 e. The lowest BCUT2D eigenvalue weighted by molar-refractivity contribution is -0.124. The summed E-state index contributed by atoms with van der Waals surface area (Å²) >= 11 is 0. The first-order valence-corrected chi connectivity index (χ1v) is 6.87. The molecule has 0 saturated heterocycles. The minimum atomic E-state index is -0.295. The van der Waals surface area contributed by atoms with Crippen LogP contribution in [0.4, 0.5) is 0 Å². The summed E-state index contributed by atoms with van der Waals surface area (Å²) in [5.74, 6) is -0.0369. The summed E-state index contributed by atoms with van der Waals surface area (Å²) in [4.78, 5) is 11.9. The van der Waals surface area contributed by atoms with Crippen LogP contribution in [0.2, 0.25) is 0 Å². The molecule has 1 amide bonds. The average molecular weight is 283 g/mol. The Balaban J connectivity index is 2.38. The van der Waals surface area contributed by atoms with E-state index in [1.807, 2.05) is 33.9 Å². The molecule has 0 radical (unpaired) electrons. The molecule has 7 nitrogen and oxygen atoms in total. The number of carbonyl (C=O) groups is 1. The Morgan fingerprint density at radius 2 is 2.20 bits per heavy atom. The van der Waals surface area contributed by atoms with E-state index in [0.717, 1.165) is 5.69 Å². The summed E-state index contributed by atoms with van der Waals surface area (Å²) in [7, 11) is 0. The fourth-order valence-corrected chi connectivity index (χ4v) is 1.59. The Morgan fingerprint density at radius 3 is 2.80 bits per heavy atom. The standard InChI is InChI=1S/C13H25N5O2/c1-10(12(20)15-13(2,3)4)14-8-11-9-18(17-16-11)6-5-7-19/h9-10,14,19H,5-8H2,1-4H3,(H,15,20). The van der Waals surface area contributed by atoms with Gasteiger partial charge >= 0.3 is 0 Å². The summed E-state index contributed by atoms with van der Waals surface area (Å²) < 4.78 is 1.69. The number of carbonyl (C=O) groups excluding carboxylic acids is 1. The fraction of sp³-hybridized carbons (Fsp3) is 0.769. The molecule has 0 saturated carbocycles. The third-order valence-corrected chi connectivity index (χ3v) is 2.61. The molecule has 0 bridgehead atoms. The van der Waals surface area contributed by atoms with E-state index in [1.54, 1.807) is 4.68 Å². The van der Waals surface area contributed by atoms with Gasteiger partial charge in [0, 0.05) is 31.4 Å². The van der Waals surface area contributed by atoms with Gasteiger partial charge in [0.05, 0.1) is 11.7 Å². The molecular formula is C13H25N5O2. The van der Waals surface area contributed by atoms with E-state index in [4.69, 9.17) is 5.11 Å². The average Bonchev–Trinajstić information content (AvgIpc) is 2.79. The van der Waals surface area contributed by atoms with Crippen molar-refractivity contribution in [3.05, 3.63) is 11.9 Å². The van der Waals surface area contributed by atoms with Crippen molar-refractivity contribution in [3.8, 4) is 0 Å². The molecule has 0 spiro atoms. The zero-order chi connectivity index (χ0) is 15.2. The molecule has 1 unspecified atom stereocenters. The molecule has 1 aromatic rings. The van der Waals surface area contributed by atoms with Crippen LogP contribution in [0.1, 0.15) is 39.8 Å². The van der Waals surface area contributed by atoms with Crippen LogP contribution in [0.5, 0.6) is 0 Å². The molecule has 114 valence electrons. The second kappa shape index (κ2) is 7.35. The van der Waals surface area contributed by atoms with Crippen LogP contribution >= 0.6 is 0 Å². The van der Waals surface area contributed by atoms with Crippen molar-refractivity contribution in [3.63, 3.8) is 0 Å². The van der Waals surface area contributed by atoms with Gasteiger partial charge in [-0.3, -0.25) is 9.48 Å². The number of aryl methyl sites for hydroxylation is 1. The van der Waals surface area contributed by atoms with E-state index < -0.39 is 0 Å². The molecule has 1 aromatic heterocycles. The highest BCUT2D eigenvalue weighted by Gasteiger charge is 2.18. The van der Waals surface area contributed by atoms with Gasteiger partial charge in [-0.15, -0.1) is 5.10 Å². The second-order valence-electron chi connectivity index (χ2n) is 5.89. The highest BCUT2D eigenvalue weighted by Crippen LogP contribution is 2.00. The van der Waals surface area contributed by atoms with Gasteiger partial charge in [0.2, 0.25) is 5.91 Å². The third-order valence-electron chi connectivity index (χ3n) is 2.61. The zero-order valence-electron chi connectivity index (χ0n) is 12.7. The number of nitrogens with zero attached hydrogens (tertiary/aromatic N) is 3. The van der Waals surface area contributed by atoms with E-state index >= 15 is 0 Å². The van der Waals surface area contributed by atoms with E-state index in [0.29, 0.717) is 19.5 Å². The highest BCUT2D eigenvalue weighted by molar-refractivity contribution is 5.81. The molecule has 1 heterocycles. The lowest BCUT2D eigenvalue weighted by Gasteiger charge is -2.23. The van der Waals surface area contributed by atoms with E-state index in [2.05, 4.69) is 20.9 Å². The molecule has 0 aliphatic carbocycles. The molecule has 0 aliphatic rings. The Bertz CT molecular complexity index is 425. The number of nitrogens with one attached hydrogen (secondary N) is 2. The molecule has 1 atom stereocenters. The van der Waals surface area contributed by atoms with Crippen molar-refractivity contribution >= 4 is 5.91 Å². The summed E-state index contributed by atoms with van der Waals surface area (Å²) in [6.07, 6.45) is 2.47. The molecule has 20 heavy (non-hydrogen) atoms. The van der Waals surface area contributed by atoms with Crippen molar-refractivity contribution < 1.29 is 9.90 Å². The number of aliphatic hydroxyl groups excluding tert-OH is 1. The molecule has 0 aromatic carbocycles. The number of hydrogen-bond acceptors (Lipinski definition) is 5. The Hall–Kier alpha value is -1.47. The van der Waals surface area contributed by atoms with Crippen LogP contribution in [-0.2, 0) is 17.9 Å². The van der Waals surface area contributed by atoms with E-state index in [9.17, 15) is 4.79 Å². The SMILES string of the molecule is CC(NCc1cn(CCCO)nn1)C(=O)NC(C)(C)C. The lowest BCUT2D eigenvalue weighted by Crippen LogP contribution is -2.49. The van der Waals surface area contributed by atoms with Gasteiger partial charge in [0.25, 0.3) is 0 Å². The van der Waals surface area contributed by atoms with Gasteiger partial charge in [-0.2, -0.15) is 0 Å². The van der Waals surface area contributed by atoms with Crippen LogP contribution in [0, 0.1) is 0 Å². The Morgan fingerprint density at radius 1 is 1.50 bits per heavy atom. The van der Waals surface area contributed by atoms with Gasteiger partial charge < -0.3 is 15.7 Å². The highest BCUT2D eigenvalue weighted by atomic mass is 16.3. The van der Waals surface area contributed by atoms with Gasteiger partial charge in [-0.05, 0) is 34.1 Å². The van der Waals surface area contributed by atoms with Crippen molar-refractivity contribution in [2.75, 3.05) is 6.61 Å².